The van der Waals surface area contributed by atoms with Crippen LogP contribution in [-0.2, 0) is 14.4 Å². The molecule has 3 rings (SSSR count). The maximum atomic E-state index is 12.4. The Labute approximate surface area is 195 Å². The number of barbiturate groups is 1. The number of aryl methyl sites for hydroxylation is 2. The fraction of sp³-hybridized carbons (Fsp3) is 0.217. The van der Waals surface area contributed by atoms with Gasteiger partial charge in [-0.05, 0) is 61.7 Å². The van der Waals surface area contributed by atoms with Gasteiger partial charge in [0.05, 0.1) is 11.6 Å². The quantitative estimate of drug-likeness (QED) is 0.421. The summed E-state index contributed by atoms with van der Waals surface area (Å²) in [4.78, 5) is 47.5. The maximum absolute atomic E-state index is 12.4. The number of carbonyl (C=O) groups is 4. The van der Waals surface area contributed by atoms with Gasteiger partial charge in [-0.25, -0.2) is 4.79 Å². The second-order valence-corrected chi connectivity index (χ2v) is 7.62. The number of anilines is 1. The van der Waals surface area contributed by atoms with Gasteiger partial charge in [0.15, 0.2) is 18.1 Å². The van der Waals surface area contributed by atoms with Crippen molar-refractivity contribution in [1.29, 1.82) is 0 Å². The van der Waals surface area contributed by atoms with E-state index in [9.17, 15) is 19.2 Å². The van der Waals surface area contributed by atoms with Gasteiger partial charge in [0.25, 0.3) is 17.7 Å². The topological polar surface area (TPSA) is 123 Å². The molecule has 0 radical (unpaired) electrons. The summed E-state index contributed by atoms with van der Waals surface area (Å²) in [5.74, 6) is -1.68. The summed E-state index contributed by atoms with van der Waals surface area (Å²) in [6, 6.07) is 7.79. The van der Waals surface area contributed by atoms with Crippen molar-refractivity contribution in [3.63, 3.8) is 0 Å². The van der Waals surface area contributed by atoms with Crippen molar-refractivity contribution < 1.29 is 28.7 Å². The Morgan fingerprint density at radius 1 is 1.06 bits per heavy atom. The van der Waals surface area contributed by atoms with E-state index in [-0.39, 0.29) is 41.2 Å². The highest BCUT2D eigenvalue weighted by Gasteiger charge is 2.28. The average Bonchev–Trinajstić information content (AvgIpc) is 2.73. The Balaban J connectivity index is 1.80. The third-order valence-electron chi connectivity index (χ3n) is 4.60. The molecule has 0 bridgehead atoms. The second kappa shape index (κ2) is 10.2. The smallest absolute Gasteiger partial charge is 0.328 e. The number of imide groups is 2. The monoisotopic (exact) mass is 471 g/mol. The van der Waals surface area contributed by atoms with E-state index in [1.807, 2.05) is 42.7 Å². The number of amides is 5. The van der Waals surface area contributed by atoms with E-state index in [0.29, 0.717) is 11.3 Å². The van der Waals surface area contributed by atoms with Crippen LogP contribution < -0.4 is 25.4 Å². The molecule has 33 heavy (non-hydrogen) atoms. The SMILES string of the molecule is CCOc1cc(C=C2C(=O)NC(=O)NC2=O)cc(Cl)c1OCC(=O)Nc1cc(C)ccc1C. The molecule has 0 aromatic heterocycles. The molecule has 1 aliphatic heterocycles. The lowest BCUT2D eigenvalue weighted by atomic mass is 10.1. The molecule has 1 fully saturated rings. The minimum Gasteiger partial charge on any atom is -0.490 e. The summed E-state index contributed by atoms with van der Waals surface area (Å²) in [5.41, 5.74) is 2.70. The van der Waals surface area contributed by atoms with E-state index in [1.54, 1.807) is 6.92 Å². The Bertz CT molecular complexity index is 1150. The zero-order valence-corrected chi connectivity index (χ0v) is 19.0. The molecular weight excluding hydrogens is 450 g/mol. The van der Waals surface area contributed by atoms with Crippen molar-refractivity contribution in [3.05, 3.63) is 57.6 Å². The second-order valence-electron chi connectivity index (χ2n) is 7.21. The van der Waals surface area contributed by atoms with Crippen molar-refractivity contribution >= 4 is 47.1 Å². The summed E-state index contributed by atoms with van der Waals surface area (Å²) >= 11 is 6.35. The number of nitrogens with one attached hydrogen (secondary N) is 3. The first-order valence-corrected chi connectivity index (χ1v) is 10.4. The van der Waals surface area contributed by atoms with Gasteiger partial charge in [-0.1, -0.05) is 23.7 Å². The molecule has 10 heteroatoms. The van der Waals surface area contributed by atoms with E-state index in [2.05, 4.69) is 5.32 Å². The van der Waals surface area contributed by atoms with Crippen molar-refractivity contribution in [2.75, 3.05) is 18.5 Å². The lowest BCUT2D eigenvalue weighted by Gasteiger charge is -2.16. The lowest BCUT2D eigenvalue weighted by molar-refractivity contribution is -0.124. The largest absolute Gasteiger partial charge is 0.490 e. The molecule has 2 aromatic rings. The number of carbonyl (C=O) groups excluding carboxylic acids is 4. The van der Waals surface area contributed by atoms with Crippen LogP contribution in [0.15, 0.2) is 35.9 Å². The first-order chi connectivity index (χ1) is 15.7. The minimum absolute atomic E-state index is 0.111. The van der Waals surface area contributed by atoms with Crippen LogP contribution >= 0.6 is 11.6 Å². The summed E-state index contributed by atoms with van der Waals surface area (Å²) in [6.45, 7) is 5.52. The molecule has 5 amide bonds. The zero-order chi connectivity index (χ0) is 24.1. The van der Waals surface area contributed by atoms with Gasteiger partial charge in [0.2, 0.25) is 0 Å². The number of halogens is 1. The summed E-state index contributed by atoms with van der Waals surface area (Å²) < 4.78 is 11.2. The predicted molar refractivity (Wildman–Crippen MR) is 122 cm³/mol. The van der Waals surface area contributed by atoms with Crippen LogP contribution in [0.2, 0.25) is 5.02 Å². The lowest BCUT2D eigenvalue weighted by Crippen LogP contribution is -2.51. The van der Waals surface area contributed by atoms with E-state index in [1.165, 1.54) is 18.2 Å². The molecule has 9 nitrogen and oxygen atoms in total. The number of hydrogen-bond acceptors (Lipinski definition) is 6. The third-order valence-corrected chi connectivity index (χ3v) is 4.88. The molecule has 0 unspecified atom stereocenters. The standard InChI is InChI=1S/C23H22ClN3O6/c1-4-32-18-10-14(8-15-21(29)26-23(31)27-22(15)30)9-16(24)20(18)33-11-19(28)25-17-7-12(2)5-6-13(17)3/h5-10H,4,11H2,1-3H3,(H,25,28)(H2,26,27,29,30,31). The molecule has 2 aromatic carbocycles. The number of ether oxygens (including phenoxy) is 2. The minimum atomic E-state index is -0.891. The molecule has 0 atom stereocenters. The summed E-state index contributed by atoms with van der Waals surface area (Å²) in [6.07, 6.45) is 1.27. The number of hydrogen-bond donors (Lipinski definition) is 3. The van der Waals surface area contributed by atoms with Gasteiger partial charge in [-0.3, -0.25) is 25.0 Å². The van der Waals surface area contributed by atoms with Crippen LogP contribution in [0.4, 0.5) is 10.5 Å². The normalized spacial score (nSPS) is 13.2. The molecule has 0 saturated carbocycles. The molecule has 1 saturated heterocycles. The van der Waals surface area contributed by atoms with Gasteiger partial charge in [-0.2, -0.15) is 0 Å². The molecule has 172 valence electrons. The van der Waals surface area contributed by atoms with E-state index in [0.717, 1.165) is 11.1 Å². The maximum Gasteiger partial charge on any atom is 0.328 e. The van der Waals surface area contributed by atoms with Crippen LogP contribution in [0.3, 0.4) is 0 Å². The van der Waals surface area contributed by atoms with E-state index >= 15 is 0 Å². The van der Waals surface area contributed by atoms with Crippen molar-refractivity contribution in [2.45, 2.75) is 20.8 Å². The molecule has 1 aliphatic rings. The van der Waals surface area contributed by atoms with Gasteiger partial charge >= 0.3 is 6.03 Å². The Hall–Kier alpha value is -3.85. The van der Waals surface area contributed by atoms with Crippen LogP contribution in [-0.4, -0.2) is 37.0 Å². The van der Waals surface area contributed by atoms with E-state index < -0.39 is 17.8 Å². The Morgan fingerprint density at radius 2 is 1.76 bits per heavy atom. The Kier molecular flexibility index (Phi) is 7.34. The highest BCUT2D eigenvalue weighted by atomic mass is 35.5. The molecule has 3 N–H and O–H groups in total. The number of benzene rings is 2. The number of urea groups is 1. The third kappa shape index (κ3) is 5.89. The van der Waals surface area contributed by atoms with Gasteiger partial charge in [0, 0.05) is 5.69 Å². The fourth-order valence-electron chi connectivity index (χ4n) is 3.04. The average molecular weight is 472 g/mol. The molecule has 0 spiro atoms. The first kappa shape index (κ1) is 23.8. The van der Waals surface area contributed by atoms with Gasteiger partial charge in [0.1, 0.15) is 5.57 Å². The number of rotatable bonds is 7. The van der Waals surface area contributed by atoms with E-state index in [4.69, 9.17) is 21.1 Å². The molecular formula is C23H22ClN3O6. The fourth-order valence-corrected chi connectivity index (χ4v) is 3.32. The van der Waals surface area contributed by atoms with Gasteiger partial charge in [-0.15, -0.1) is 0 Å². The Morgan fingerprint density at radius 3 is 2.42 bits per heavy atom. The van der Waals surface area contributed by atoms with Crippen molar-refractivity contribution in [3.8, 4) is 11.5 Å². The van der Waals surface area contributed by atoms with Crippen molar-refractivity contribution in [2.24, 2.45) is 0 Å². The highest BCUT2D eigenvalue weighted by molar-refractivity contribution is 6.33. The first-order valence-electron chi connectivity index (χ1n) is 10.0. The highest BCUT2D eigenvalue weighted by Crippen LogP contribution is 2.37. The summed E-state index contributed by atoms with van der Waals surface area (Å²) in [7, 11) is 0. The van der Waals surface area contributed by atoms with Crippen molar-refractivity contribution in [1.82, 2.24) is 10.6 Å². The molecule has 0 aliphatic carbocycles. The van der Waals surface area contributed by atoms with Crippen LogP contribution in [0.5, 0.6) is 11.5 Å². The van der Waals surface area contributed by atoms with Crippen LogP contribution in [0, 0.1) is 13.8 Å². The predicted octanol–water partition coefficient (Wildman–Crippen LogP) is 3.12. The zero-order valence-electron chi connectivity index (χ0n) is 18.2. The molecule has 1 heterocycles. The van der Waals surface area contributed by atoms with Crippen LogP contribution in [0.25, 0.3) is 6.08 Å². The van der Waals surface area contributed by atoms with Gasteiger partial charge < -0.3 is 14.8 Å². The van der Waals surface area contributed by atoms with Crippen LogP contribution in [0.1, 0.15) is 23.6 Å². The summed E-state index contributed by atoms with van der Waals surface area (Å²) in [5, 5.41) is 6.90.